The molecular weight excluding hydrogens is 226 g/mol. The third kappa shape index (κ3) is 1.29. The van der Waals surface area contributed by atoms with Gasteiger partial charge in [-0.2, -0.15) is 0 Å². The van der Waals surface area contributed by atoms with E-state index < -0.39 is 0 Å². The van der Waals surface area contributed by atoms with Crippen LogP contribution in [0.1, 0.15) is 24.5 Å². The summed E-state index contributed by atoms with van der Waals surface area (Å²) in [7, 11) is 0. The van der Waals surface area contributed by atoms with Gasteiger partial charge in [0.15, 0.2) is 0 Å². The number of aromatic amines is 1. The van der Waals surface area contributed by atoms with Crippen LogP contribution in [-0.4, -0.2) is 4.98 Å². The number of fused-ring (bicyclic) bond motifs is 1. The largest absolute Gasteiger partial charge is 0.358 e. The Bertz CT molecular complexity index is 454. The summed E-state index contributed by atoms with van der Waals surface area (Å²) in [5.41, 5.74) is 2.66. The number of aromatic nitrogens is 1. The molecule has 0 bridgehead atoms. The quantitative estimate of drug-likeness (QED) is 0.774. The molecule has 0 aliphatic heterocycles. The minimum atomic E-state index is 0.811. The summed E-state index contributed by atoms with van der Waals surface area (Å²) < 4.78 is 1.15. The van der Waals surface area contributed by atoms with Gasteiger partial charge in [-0.15, -0.1) is 0 Å². The summed E-state index contributed by atoms with van der Waals surface area (Å²) in [6, 6.07) is 8.65. The number of H-pyrrole nitrogens is 1. The van der Waals surface area contributed by atoms with E-state index in [-0.39, 0.29) is 0 Å². The second-order valence-electron chi connectivity index (χ2n) is 3.73. The highest BCUT2D eigenvalue weighted by molar-refractivity contribution is 9.10. The Morgan fingerprint density at radius 3 is 2.85 bits per heavy atom. The Balaban J connectivity index is 2.20. The van der Waals surface area contributed by atoms with E-state index in [1.807, 2.05) is 0 Å². The summed E-state index contributed by atoms with van der Waals surface area (Å²) in [6.07, 6.45) is 2.71. The Hall–Kier alpha value is -0.760. The first-order valence-electron chi connectivity index (χ1n) is 4.61. The third-order valence-corrected chi connectivity index (χ3v) is 3.11. The van der Waals surface area contributed by atoms with E-state index in [0.717, 1.165) is 10.4 Å². The molecule has 1 saturated carbocycles. The predicted molar refractivity (Wildman–Crippen MR) is 58.0 cm³/mol. The molecule has 1 aromatic carbocycles. The maximum absolute atomic E-state index is 3.48. The fourth-order valence-corrected chi connectivity index (χ4v) is 2.12. The first-order chi connectivity index (χ1) is 6.33. The van der Waals surface area contributed by atoms with Crippen LogP contribution >= 0.6 is 15.9 Å². The van der Waals surface area contributed by atoms with Crippen molar-refractivity contribution < 1.29 is 0 Å². The molecule has 1 aromatic heterocycles. The maximum Gasteiger partial charge on any atom is 0.0456 e. The second-order valence-corrected chi connectivity index (χ2v) is 4.65. The Morgan fingerprint density at radius 1 is 1.23 bits per heavy atom. The van der Waals surface area contributed by atoms with E-state index in [1.165, 1.54) is 29.4 Å². The molecule has 1 nitrogen and oxygen atoms in total. The molecule has 1 aliphatic rings. The monoisotopic (exact) mass is 235 g/mol. The van der Waals surface area contributed by atoms with Gasteiger partial charge in [0.25, 0.3) is 0 Å². The fourth-order valence-electron chi connectivity index (χ4n) is 1.74. The highest BCUT2D eigenvalue weighted by atomic mass is 79.9. The Morgan fingerprint density at radius 2 is 2.08 bits per heavy atom. The van der Waals surface area contributed by atoms with Crippen LogP contribution in [0.3, 0.4) is 0 Å². The van der Waals surface area contributed by atoms with Gasteiger partial charge in [-0.25, -0.2) is 0 Å². The zero-order chi connectivity index (χ0) is 8.84. The summed E-state index contributed by atoms with van der Waals surface area (Å²) in [4.78, 5) is 3.46. The molecule has 1 N–H and O–H groups in total. The van der Waals surface area contributed by atoms with Crippen LogP contribution < -0.4 is 0 Å². The highest BCUT2D eigenvalue weighted by Crippen LogP contribution is 2.40. The molecule has 2 aromatic rings. The van der Waals surface area contributed by atoms with Crippen molar-refractivity contribution in [2.24, 2.45) is 0 Å². The van der Waals surface area contributed by atoms with Crippen molar-refractivity contribution in [3.8, 4) is 0 Å². The average Bonchev–Trinajstić information content (AvgIpc) is 2.87. The first kappa shape index (κ1) is 7.63. The molecule has 0 radical (unpaired) electrons. The van der Waals surface area contributed by atoms with Gasteiger partial charge in [-0.1, -0.05) is 15.9 Å². The third-order valence-electron chi connectivity index (χ3n) is 2.62. The van der Waals surface area contributed by atoms with Crippen LogP contribution in [0.15, 0.2) is 28.7 Å². The molecule has 1 aliphatic carbocycles. The van der Waals surface area contributed by atoms with Gasteiger partial charge in [-0.05, 0) is 43.0 Å². The summed E-state index contributed by atoms with van der Waals surface area (Å²) in [5, 5.41) is 1.32. The number of halogens is 1. The van der Waals surface area contributed by atoms with Crippen LogP contribution in [0.2, 0.25) is 0 Å². The molecule has 1 fully saturated rings. The molecule has 3 rings (SSSR count). The topological polar surface area (TPSA) is 15.8 Å². The van der Waals surface area contributed by atoms with Crippen molar-refractivity contribution in [1.82, 2.24) is 4.98 Å². The van der Waals surface area contributed by atoms with Crippen LogP contribution in [0.25, 0.3) is 10.9 Å². The van der Waals surface area contributed by atoms with Crippen molar-refractivity contribution in [2.45, 2.75) is 18.8 Å². The fraction of sp³-hybridized carbons (Fsp3) is 0.273. The van der Waals surface area contributed by atoms with E-state index in [1.54, 1.807) is 0 Å². The molecule has 0 unspecified atom stereocenters. The zero-order valence-corrected chi connectivity index (χ0v) is 8.76. The molecule has 0 atom stereocenters. The SMILES string of the molecule is Brc1ccc2[nH]c(C3CC3)cc2c1. The standard InChI is InChI=1S/C11H10BrN/c12-9-3-4-10-8(5-9)6-11(13-10)7-1-2-7/h3-7,13H,1-2H2. The highest BCUT2D eigenvalue weighted by Gasteiger charge is 2.24. The molecule has 2 heteroatoms. The molecule has 0 saturated heterocycles. The smallest absolute Gasteiger partial charge is 0.0456 e. The minimum Gasteiger partial charge on any atom is -0.358 e. The lowest BCUT2D eigenvalue weighted by Gasteiger charge is -1.89. The molecule has 0 spiro atoms. The van der Waals surface area contributed by atoms with Crippen LogP contribution in [-0.2, 0) is 0 Å². The Labute approximate surface area is 85.3 Å². The van der Waals surface area contributed by atoms with Crippen molar-refractivity contribution in [3.63, 3.8) is 0 Å². The summed E-state index contributed by atoms with van der Waals surface area (Å²) in [5.74, 6) is 0.811. The van der Waals surface area contributed by atoms with Gasteiger partial charge < -0.3 is 4.98 Å². The molecular formula is C11H10BrN. The lowest BCUT2D eigenvalue weighted by molar-refractivity contribution is 1.06. The van der Waals surface area contributed by atoms with Crippen LogP contribution in [0.4, 0.5) is 0 Å². The molecule has 1 heterocycles. The lowest BCUT2D eigenvalue weighted by atomic mass is 10.2. The van der Waals surface area contributed by atoms with Gasteiger partial charge >= 0.3 is 0 Å². The number of rotatable bonds is 1. The lowest BCUT2D eigenvalue weighted by Crippen LogP contribution is -1.74. The number of benzene rings is 1. The average molecular weight is 236 g/mol. The minimum absolute atomic E-state index is 0.811. The Kier molecular flexibility index (Phi) is 1.53. The zero-order valence-electron chi connectivity index (χ0n) is 7.18. The van der Waals surface area contributed by atoms with E-state index in [9.17, 15) is 0 Å². The number of nitrogens with one attached hydrogen (secondary N) is 1. The van der Waals surface area contributed by atoms with Gasteiger partial charge in [0.2, 0.25) is 0 Å². The van der Waals surface area contributed by atoms with Gasteiger partial charge in [0.1, 0.15) is 0 Å². The van der Waals surface area contributed by atoms with Crippen molar-refractivity contribution in [1.29, 1.82) is 0 Å². The van der Waals surface area contributed by atoms with Crippen LogP contribution in [0, 0.1) is 0 Å². The van der Waals surface area contributed by atoms with Gasteiger partial charge in [-0.3, -0.25) is 0 Å². The van der Waals surface area contributed by atoms with Crippen LogP contribution in [0.5, 0.6) is 0 Å². The first-order valence-corrected chi connectivity index (χ1v) is 5.40. The van der Waals surface area contributed by atoms with E-state index in [4.69, 9.17) is 0 Å². The molecule has 0 amide bonds. The molecule has 13 heavy (non-hydrogen) atoms. The van der Waals surface area contributed by atoms with E-state index >= 15 is 0 Å². The van der Waals surface area contributed by atoms with E-state index in [0.29, 0.717) is 0 Å². The van der Waals surface area contributed by atoms with Crippen molar-refractivity contribution >= 4 is 26.8 Å². The van der Waals surface area contributed by atoms with Crippen molar-refractivity contribution in [2.75, 3.05) is 0 Å². The summed E-state index contributed by atoms with van der Waals surface area (Å²) in [6.45, 7) is 0. The normalized spacial score (nSPS) is 16.7. The predicted octanol–water partition coefficient (Wildman–Crippen LogP) is 3.81. The van der Waals surface area contributed by atoms with Gasteiger partial charge in [0, 0.05) is 21.1 Å². The number of hydrogen-bond donors (Lipinski definition) is 1. The molecule has 66 valence electrons. The second kappa shape index (κ2) is 2.61. The maximum atomic E-state index is 3.48. The summed E-state index contributed by atoms with van der Waals surface area (Å²) >= 11 is 3.48. The van der Waals surface area contributed by atoms with E-state index in [2.05, 4.69) is 45.2 Å². The van der Waals surface area contributed by atoms with Gasteiger partial charge in [0.05, 0.1) is 0 Å². The van der Waals surface area contributed by atoms with Crippen molar-refractivity contribution in [3.05, 3.63) is 34.4 Å². The number of hydrogen-bond acceptors (Lipinski definition) is 0.